The third-order valence-corrected chi connectivity index (χ3v) is 6.08. The van der Waals surface area contributed by atoms with E-state index < -0.39 is 0 Å². The average Bonchev–Trinajstić information content (AvgIpc) is 3.50. The van der Waals surface area contributed by atoms with E-state index in [1.54, 1.807) is 10.9 Å². The number of nitrogens with one attached hydrogen (secondary N) is 1. The molecule has 1 saturated carbocycles. The minimum absolute atomic E-state index is 0.259. The molecular weight excluding hydrogens is 428 g/mol. The van der Waals surface area contributed by atoms with E-state index in [1.165, 1.54) is 0 Å². The number of anilines is 1. The molecule has 5 rings (SSSR count). The van der Waals surface area contributed by atoms with Gasteiger partial charge in [0.2, 0.25) is 0 Å². The minimum atomic E-state index is 0.259. The van der Waals surface area contributed by atoms with Crippen LogP contribution in [0, 0.1) is 19.8 Å². The van der Waals surface area contributed by atoms with Crippen molar-refractivity contribution in [2.24, 2.45) is 13.0 Å². The maximum Gasteiger partial charge on any atom is 0.319 e. The number of halogens is 1. The predicted molar refractivity (Wildman–Crippen MR) is 121 cm³/mol. The van der Waals surface area contributed by atoms with Crippen LogP contribution in [0.5, 0.6) is 6.01 Å². The second kappa shape index (κ2) is 8.31. The molecule has 0 saturated heterocycles. The van der Waals surface area contributed by atoms with Gasteiger partial charge in [-0.1, -0.05) is 11.6 Å². The first-order valence-electron chi connectivity index (χ1n) is 10.5. The van der Waals surface area contributed by atoms with Gasteiger partial charge in [-0.05, 0) is 44.5 Å². The van der Waals surface area contributed by atoms with Gasteiger partial charge in [-0.3, -0.25) is 14.6 Å². The first-order valence-corrected chi connectivity index (χ1v) is 10.8. The molecule has 32 heavy (non-hydrogen) atoms. The summed E-state index contributed by atoms with van der Waals surface area (Å²) in [4.78, 5) is 22.3. The Bertz CT molecular complexity index is 1270. The lowest BCUT2D eigenvalue weighted by atomic mass is 10.2. The molecule has 2 atom stereocenters. The van der Waals surface area contributed by atoms with Gasteiger partial charge in [-0.25, -0.2) is 4.98 Å². The lowest BCUT2D eigenvalue weighted by Crippen LogP contribution is -2.10. The van der Waals surface area contributed by atoms with Crippen LogP contribution < -0.4 is 10.1 Å². The van der Waals surface area contributed by atoms with Crippen molar-refractivity contribution >= 4 is 28.5 Å². The van der Waals surface area contributed by atoms with E-state index in [0.29, 0.717) is 41.8 Å². The number of hydrogen-bond acceptors (Lipinski definition) is 8. The van der Waals surface area contributed by atoms with E-state index in [2.05, 4.69) is 36.4 Å². The van der Waals surface area contributed by atoms with Gasteiger partial charge < -0.3 is 10.1 Å². The van der Waals surface area contributed by atoms with Gasteiger partial charge in [-0.2, -0.15) is 15.1 Å². The number of nitrogens with zero attached hydrogens (tertiary/aromatic N) is 7. The Hall–Kier alpha value is -3.33. The largest absolute Gasteiger partial charge is 0.463 e. The van der Waals surface area contributed by atoms with Crippen LogP contribution in [0.15, 0.2) is 30.5 Å². The molecule has 0 aromatic carbocycles. The molecule has 0 radical (unpaired) electrons. The first-order chi connectivity index (χ1) is 15.5. The molecule has 1 fully saturated rings. The van der Waals surface area contributed by atoms with E-state index in [-0.39, 0.29) is 6.01 Å². The molecule has 164 valence electrons. The quantitative estimate of drug-likeness (QED) is 0.426. The summed E-state index contributed by atoms with van der Waals surface area (Å²) < 4.78 is 7.63. The molecule has 9 nitrogen and oxygen atoms in total. The molecule has 4 aromatic heterocycles. The van der Waals surface area contributed by atoms with Crippen molar-refractivity contribution in [1.82, 2.24) is 34.7 Å². The van der Waals surface area contributed by atoms with Crippen molar-refractivity contribution < 1.29 is 4.74 Å². The third kappa shape index (κ3) is 4.20. The summed E-state index contributed by atoms with van der Waals surface area (Å²) in [6, 6.07) is 8.22. The van der Waals surface area contributed by atoms with Gasteiger partial charge in [0.25, 0.3) is 0 Å². The van der Waals surface area contributed by atoms with E-state index in [4.69, 9.17) is 21.3 Å². The van der Waals surface area contributed by atoms with Crippen LogP contribution >= 0.6 is 11.6 Å². The monoisotopic (exact) mass is 450 g/mol. The van der Waals surface area contributed by atoms with Crippen molar-refractivity contribution in [3.05, 3.63) is 58.5 Å². The van der Waals surface area contributed by atoms with Crippen molar-refractivity contribution in [3.8, 4) is 6.01 Å². The zero-order valence-corrected chi connectivity index (χ0v) is 18.8. The number of ether oxygens (including phenoxy) is 1. The van der Waals surface area contributed by atoms with Crippen LogP contribution in [0.3, 0.4) is 0 Å². The van der Waals surface area contributed by atoms with Crippen LogP contribution in [0.1, 0.15) is 35.2 Å². The van der Waals surface area contributed by atoms with Gasteiger partial charge in [0.1, 0.15) is 16.8 Å². The topological polar surface area (TPSA) is 104 Å². The molecule has 0 spiro atoms. The summed E-state index contributed by atoms with van der Waals surface area (Å²) in [6.07, 6.45) is 2.80. The van der Waals surface area contributed by atoms with Crippen molar-refractivity contribution in [1.29, 1.82) is 0 Å². The van der Waals surface area contributed by atoms with Crippen LogP contribution in [-0.4, -0.2) is 41.3 Å². The standard InChI is InChI=1S/C22H23ClN8O/c1-12-20(23)28-22(29-21(12)25-10-19-26-13(2)31(3)30-19)32-11-14-9-15(14)16-6-7-17-18(27-16)5-4-8-24-17/h4-8,14-15H,9-11H2,1-3H3,(H,25,28,29)/t14-,15+/m1/s1. The van der Waals surface area contributed by atoms with Crippen LogP contribution in [0.2, 0.25) is 5.15 Å². The predicted octanol–water partition coefficient (Wildman–Crippen LogP) is 3.61. The minimum Gasteiger partial charge on any atom is -0.463 e. The average molecular weight is 451 g/mol. The smallest absolute Gasteiger partial charge is 0.319 e. The Morgan fingerprint density at radius 3 is 2.81 bits per heavy atom. The fourth-order valence-electron chi connectivity index (χ4n) is 3.63. The highest BCUT2D eigenvalue weighted by molar-refractivity contribution is 6.30. The summed E-state index contributed by atoms with van der Waals surface area (Å²) in [6.45, 7) is 4.72. The maximum absolute atomic E-state index is 6.32. The van der Waals surface area contributed by atoms with Crippen molar-refractivity contribution in [3.63, 3.8) is 0 Å². The number of hydrogen-bond donors (Lipinski definition) is 1. The Balaban J connectivity index is 1.22. The molecule has 1 N–H and O–H groups in total. The second-order valence-electron chi connectivity index (χ2n) is 8.01. The third-order valence-electron chi connectivity index (χ3n) is 5.71. The molecule has 1 aliphatic rings. The van der Waals surface area contributed by atoms with E-state index >= 15 is 0 Å². The summed E-state index contributed by atoms with van der Waals surface area (Å²) in [5.41, 5.74) is 3.65. The SMILES string of the molecule is Cc1c(Cl)nc(OC[C@H]2C[C@@H]2c2ccc3ncccc3n2)nc1NCc1nc(C)n(C)n1. The number of pyridine rings is 2. The molecule has 4 aromatic rings. The van der Waals surface area contributed by atoms with E-state index in [9.17, 15) is 0 Å². The van der Waals surface area contributed by atoms with Gasteiger partial charge in [-0.15, -0.1) is 0 Å². The Morgan fingerprint density at radius 2 is 2.00 bits per heavy atom. The van der Waals surface area contributed by atoms with Gasteiger partial charge in [0, 0.05) is 36.3 Å². The highest BCUT2D eigenvalue weighted by Crippen LogP contribution is 2.47. The molecule has 0 bridgehead atoms. The summed E-state index contributed by atoms with van der Waals surface area (Å²) in [5, 5.41) is 7.95. The van der Waals surface area contributed by atoms with Crippen molar-refractivity contribution in [2.75, 3.05) is 11.9 Å². The van der Waals surface area contributed by atoms with Crippen LogP contribution in [0.25, 0.3) is 11.0 Å². The highest BCUT2D eigenvalue weighted by Gasteiger charge is 2.40. The normalized spacial score (nSPS) is 17.5. The molecule has 0 amide bonds. The van der Waals surface area contributed by atoms with E-state index in [1.807, 2.05) is 39.1 Å². The summed E-state index contributed by atoms with van der Waals surface area (Å²) in [7, 11) is 1.86. The molecule has 10 heteroatoms. The second-order valence-corrected chi connectivity index (χ2v) is 8.37. The van der Waals surface area contributed by atoms with Crippen molar-refractivity contribution in [2.45, 2.75) is 32.7 Å². The summed E-state index contributed by atoms with van der Waals surface area (Å²) >= 11 is 6.32. The zero-order chi connectivity index (χ0) is 22.2. The van der Waals surface area contributed by atoms with Crippen LogP contribution in [-0.2, 0) is 13.6 Å². The lowest BCUT2D eigenvalue weighted by Gasteiger charge is -2.11. The van der Waals surface area contributed by atoms with Gasteiger partial charge in [0.05, 0.1) is 24.2 Å². The number of aromatic nitrogens is 7. The molecular formula is C22H23ClN8O. The van der Waals surface area contributed by atoms with E-state index in [0.717, 1.165) is 34.5 Å². The molecule has 4 heterocycles. The summed E-state index contributed by atoms with van der Waals surface area (Å²) in [5.74, 6) is 2.88. The Kier molecular flexibility index (Phi) is 5.34. The maximum atomic E-state index is 6.32. The lowest BCUT2D eigenvalue weighted by molar-refractivity contribution is 0.274. The Labute approximate surface area is 190 Å². The fraction of sp³-hybridized carbons (Fsp3) is 0.364. The van der Waals surface area contributed by atoms with Crippen LogP contribution in [0.4, 0.5) is 5.82 Å². The first kappa shape index (κ1) is 20.6. The number of rotatable bonds is 7. The highest BCUT2D eigenvalue weighted by atomic mass is 35.5. The fourth-order valence-corrected chi connectivity index (χ4v) is 3.79. The molecule has 1 aliphatic carbocycles. The van der Waals surface area contributed by atoms with Gasteiger partial charge in [0.15, 0.2) is 5.82 Å². The molecule has 0 unspecified atom stereocenters. The molecule has 0 aliphatic heterocycles. The Morgan fingerprint density at radius 1 is 1.12 bits per heavy atom. The zero-order valence-electron chi connectivity index (χ0n) is 18.1. The number of aryl methyl sites for hydroxylation is 2. The number of fused-ring (bicyclic) bond motifs is 1. The van der Waals surface area contributed by atoms with Gasteiger partial charge >= 0.3 is 6.01 Å².